The van der Waals surface area contributed by atoms with E-state index in [-0.39, 0.29) is 40.7 Å². The summed E-state index contributed by atoms with van der Waals surface area (Å²) in [7, 11) is 0. The quantitative estimate of drug-likeness (QED) is 0.354. The first-order valence-corrected chi connectivity index (χ1v) is 13.3. The highest BCUT2D eigenvalue weighted by Crippen LogP contribution is 2.68. The van der Waals surface area contributed by atoms with E-state index < -0.39 is 23.0 Å². The van der Waals surface area contributed by atoms with Gasteiger partial charge in [0, 0.05) is 34.3 Å². The van der Waals surface area contributed by atoms with Crippen LogP contribution in [0.4, 0.5) is 5.82 Å². The number of pyridine rings is 1. The van der Waals surface area contributed by atoms with Crippen molar-refractivity contribution in [1.82, 2.24) is 4.98 Å². The average molecular weight is 487 g/mol. The van der Waals surface area contributed by atoms with Gasteiger partial charge >= 0.3 is 5.97 Å². The Morgan fingerprint density at radius 1 is 1.38 bits per heavy atom. The molecule has 34 heavy (non-hydrogen) atoms. The van der Waals surface area contributed by atoms with Gasteiger partial charge in [0.15, 0.2) is 0 Å². The molecule has 1 aromatic heterocycles. The van der Waals surface area contributed by atoms with Gasteiger partial charge in [-0.25, -0.2) is 4.98 Å². The number of aromatic nitrogens is 1. The highest BCUT2D eigenvalue weighted by molar-refractivity contribution is 8.00. The molecule has 3 saturated carbocycles. The van der Waals surface area contributed by atoms with E-state index >= 15 is 0 Å². The number of carbonyl (C=O) groups excluding carboxylic acids is 2. The SMILES string of the molecule is C=C[C@]1(C)C[C@@H](OC(=O)CSc2ccnc(N)c2)[C@]2(C)[C@H](C)CC[C@]3(CCC(=O)[C@H]32)[C@@H](C)[C@@H]1O. The largest absolute Gasteiger partial charge is 0.461 e. The standard InChI is InChI=1S/C27H38N2O4S/c1-6-25(4)14-20(33-22(31)15-34-18-9-12-29-21(28)13-18)26(5)16(2)7-10-27(17(3)24(25)32)11-8-19(30)23(26)27/h6,9,12-13,16-17,20,23-24,32H,1,7-8,10-11,14-15H2,2-5H3,(H2,28,29)/t16-,17+,20-,23+,24+,25-,26+,27+/m1/s1. The van der Waals surface area contributed by atoms with Gasteiger partial charge in [0.25, 0.3) is 0 Å². The van der Waals surface area contributed by atoms with Crippen LogP contribution in [0.15, 0.2) is 35.9 Å². The number of hydrogen-bond donors (Lipinski definition) is 2. The van der Waals surface area contributed by atoms with Crippen molar-refractivity contribution < 1.29 is 19.4 Å². The summed E-state index contributed by atoms with van der Waals surface area (Å²) in [6, 6.07) is 3.54. The molecule has 0 spiro atoms. The van der Waals surface area contributed by atoms with Crippen molar-refractivity contribution in [1.29, 1.82) is 0 Å². The minimum Gasteiger partial charge on any atom is -0.461 e. The van der Waals surface area contributed by atoms with Crippen molar-refractivity contribution >= 4 is 29.3 Å². The predicted molar refractivity (Wildman–Crippen MR) is 134 cm³/mol. The zero-order valence-corrected chi connectivity index (χ0v) is 21.6. The molecular formula is C27H38N2O4S. The van der Waals surface area contributed by atoms with Crippen molar-refractivity contribution in [2.24, 2.45) is 34.0 Å². The number of esters is 1. The van der Waals surface area contributed by atoms with E-state index in [4.69, 9.17) is 10.5 Å². The van der Waals surface area contributed by atoms with Crippen molar-refractivity contribution in [3.8, 4) is 0 Å². The molecule has 0 aromatic carbocycles. The van der Waals surface area contributed by atoms with Gasteiger partial charge < -0.3 is 15.6 Å². The van der Waals surface area contributed by atoms with Crippen LogP contribution in [0.3, 0.4) is 0 Å². The van der Waals surface area contributed by atoms with Crippen LogP contribution >= 0.6 is 11.8 Å². The molecule has 6 nitrogen and oxygen atoms in total. The Kier molecular flexibility index (Phi) is 6.66. The van der Waals surface area contributed by atoms with Gasteiger partial charge in [-0.05, 0) is 55.1 Å². The smallest absolute Gasteiger partial charge is 0.316 e. The number of hydrogen-bond acceptors (Lipinski definition) is 7. The van der Waals surface area contributed by atoms with Gasteiger partial charge in [-0.2, -0.15) is 0 Å². The number of Topliss-reactive ketones (excluding diaryl/α,β-unsaturated/α-hetero) is 1. The first kappa shape index (κ1) is 25.2. The number of aliphatic hydroxyl groups excluding tert-OH is 1. The lowest BCUT2D eigenvalue weighted by Gasteiger charge is -2.61. The number of rotatable bonds is 5. The summed E-state index contributed by atoms with van der Waals surface area (Å²) in [5.41, 5.74) is 4.37. The highest BCUT2D eigenvalue weighted by Gasteiger charge is 2.68. The lowest BCUT2D eigenvalue weighted by molar-refractivity contribution is -0.205. The summed E-state index contributed by atoms with van der Waals surface area (Å²) in [5.74, 6) is 0.444. The number of nitrogen functional groups attached to an aromatic ring is 1. The third kappa shape index (κ3) is 3.89. The molecule has 3 aliphatic carbocycles. The number of thioether (sulfide) groups is 1. The van der Waals surface area contributed by atoms with Crippen LogP contribution in [0.1, 0.15) is 59.8 Å². The molecular weight excluding hydrogens is 448 g/mol. The van der Waals surface area contributed by atoms with Gasteiger partial charge in [0.2, 0.25) is 0 Å². The lowest BCUT2D eigenvalue weighted by Crippen LogP contribution is -2.63. The Morgan fingerprint density at radius 2 is 2.12 bits per heavy atom. The van der Waals surface area contributed by atoms with Gasteiger partial charge in [-0.15, -0.1) is 18.3 Å². The highest BCUT2D eigenvalue weighted by atomic mass is 32.2. The fourth-order valence-electron chi connectivity index (χ4n) is 7.35. The second kappa shape index (κ2) is 8.98. The summed E-state index contributed by atoms with van der Waals surface area (Å²) in [6.45, 7) is 12.5. The molecule has 1 aromatic rings. The van der Waals surface area contributed by atoms with E-state index in [2.05, 4.69) is 32.3 Å². The number of anilines is 1. The van der Waals surface area contributed by atoms with Gasteiger partial charge in [-0.3, -0.25) is 9.59 Å². The molecule has 0 unspecified atom stereocenters. The van der Waals surface area contributed by atoms with Gasteiger partial charge in [-0.1, -0.05) is 33.8 Å². The fraction of sp³-hybridized carbons (Fsp3) is 0.667. The molecule has 8 atom stereocenters. The van der Waals surface area contributed by atoms with Gasteiger partial charge in [0.1, 0.15) is 17.7 Å². The first-order valence-electron chi connectivity index (χ1n) is 12.4. The summed E-state index contributed by atoms with van der Waals surface area (Å²) >= 11 is 1.36. The second-order valence-corrected chi connectivity index (χ2v) is 12.3. The third-order valence-electron chi connectivity index (χ3n) is 9.68. The molecule has 3 aliphatic rings. The van der Waals surface area contributed by atoms with Crippen molar-refractivity contribution in [3.05, 3.63) is 31.0 Å². The maximum Gasteiger partial charge on any atom is 0.316 e. The molecule has 0 radical (unpaired) electrons. The minimum atomic E-state index is -0.660. The molecule has 1 heterocycles. The summed E-state index contributed by atoms with van der Waals surface area (Å²) < 4.78 is 6.25. The van der Waals surface area contributed by atoms with Crippen LogP contribution < -0.4 is 5.73 Å². The maximum atomic E-state index is 13.4. The minimum absolute atomic E-state index is 0.0388. The Morgan fingerprint density at radius 3 is 2.79 bits per heavy atom. The monoisotopic (exact) mass is 486 g/mol. The molecule has 4 rings (SSSR count). The Hall–Kier alpha value is -1.86. The van der Waals surface area contributed by atoms with Crippen LogP contribution in [-0.4, -0.2) is 39.8 Å². The van der Waals surface area contributed by atoms with E-state index in [1.54, 1.807) is 12.3 Å². The first-order chi connectivity index (χ1) is 16.0. The third-order valence-corrected chi connectivity index (χ3v) is 10.7. The predicted octanol–water partition coefficient (Wildman–Crippen LogP) is 4.66. The number of carbonyl (C=O) groups is 2. The van der Waals surface area contributed by atoms with Crippen LogP contribution in [0.2, 0.25) is 0 Å². The molecule has 0 aliphatic heterocycles. The molecule has 186 valence electrons. The molecule has 7 heteroatoms. The second-order valence-electron chi connectivity index (χ2n) is 11.3. The van der Waals surface area contributed by atoms with E-state index in [1.807, 2.05) is 19.1 Å². The zero-order chi connectivity index (χ0) is 24.9. The molecule has 0 amide bonds. The van der Waals surface area contributed by atoms with Crippen molar-refractivity contribution in [3.63, 3.8) is 0 Å². The van der Waals surface area contributed by atoms with Crippen molar-refractivity contribution in [2.45, 2.75) is 76.9 Å². The molecule has 3 fully saturated rings. The Labute approximate surface area is 207 Å². The van der Waals surface area contributed by atoms with Crippen LogP contribution in [0.5, 0.6) is 0 Å². The lowest BCUT2D eigenvalue weighted by atomic mass is 9.44. The molecule has 0 saturated heterocycles. The van der Waals surface area contributed by atoms with Crippen molar-refractivity contribution in [2.75, 3.05) is 11.5 Å². The van der Waals surface area contributed by atoms with E-state index in [0.717, 1.165) is 24.2 Å². The number of aliphatic hydroxyl groups is 1. The Balaban J connectivity index is 1.68. The van der Waals surface area contributed by atoms with E-state index in [0.29, 0.717) is 18.7 Å². The van der Waals surface area contributed by atoms with E-state index in [9.17, 15) is 14.7 Å². The number of nitrogens with zero attached hydrogens (tertiary/aromatic N) is 1. The Bertz CT molecular complexity index is 985. The number of nitrogens with two attached hydrogens (primary N) is 1. The van der Waals surface area contributed by atoms with Crippen LogP contribution in [-0.2, 0) is 14.3 Å². The van der Waals surface area contributed by atoms with Gasteiger partial charge in [0.05, 0.1) is 11.9 Å². The molecule has 2 bridgehead atoms. The normalized spacial score (nSPS) is 41.8. The summed E-state index contributed by atoms with van der Waals surface area (Å²) in [5, 5.41) is 11.6. The van der Waals surface area contributed by atoms with Crippen LogP contribution in [0.25, 0.3) is 0 Å². The number of ether oxygens (including phenoxy) is 1. The maximum absolute atomic E-state index is 13.4. The van der Waals surface area contributed by atoms with E-state index in [1.165, 1.54) is 11.8 Å². The zero-order valence-electron chi connectivity index (χ0n) is 20.8. The topological polar surface area (TPSA) is 103 Å². The fourth-order valence-corrected chi connectivity index (χ4v) is 8.07. The van der Waals surface area contributed by atoms with Crippen LogP contribution in [0, 0.1) is 34.0 Å². The number of ketones is 1. The summed E-state index contributed by atoms with van der Waals surface area (Å²) in [4.78, 5) is 31.4. The molecule has 3 N–H and O–H groups in total. The summed E-state index contributed by atoms with van der Waals surface area (Å²) in [6.07, 6.45) is 5.95. The average Bonchev–Trinajstić information content (AvgIpc) is 3.16.